The zero-order chi connectivity index (χ0) is 29.6. The number of esters is 1. The molecular formula is C32H26Cl2N4O4. The maximum atomic E-state index is 11.6. The van der Waals surface area contributed by atoms with E-state index in [1.54, 1.807) is 25.4 Å². The van der Waals surface area contributed by atoms with Gasteiger partial charge >= 0.3 is 11.9 Å². The van der Waals surface area contributed by atoms with Gasteiger partial charge in [-0.3, -0.25) is 9.97 Å². The van der Waals surface area contributed by atoms with Crippen LogP contribution in [-0.4, -0.2) is 45.0 Å². The molecule has 0 unspecified atom stereocenters. The number of aromatic nitrogens is 2. The van der Waals surface area contributed by atoms with Crippen LogP contribution in [0.4, 0.5) is 0 Å². The van der Waals surface area contributed by atoms with E-state index in [0.717, 1.165) is 44.4 Å². The van der Waals surface area contributed by atoms with E-state index in [1.165, 1.54) is 0 Å². The third-order valence-corrected chi connectivity index (χ3v) is 6.98. The van der Waals surface area contributed by atoms with Crippen LogP contribution in [0.15, 0.2) is 94.5 Å². The molecule has 2 aliphatic heterocycles. The van der Waals surface area contributed by atoms with Crippen molar-refractivity contribution in [3.05, 3.63) is 106 Å². The number of allylic oxidation sites excluding steroid dienone is 2. The molecule has 2 aromatic carbocycles. The minimum Gasteiger partial charge on any atom is -0.477 e. The number of fused-ring (bicyclic) bond motifs is 2. The molecule has 0 saturated heterocycles. The first kappa shape index (κ1) is 29.1. The Labute approximate surface area is 252 Å². The predicted molar refractivity (Wildman–Crippen MR) is 165 cm³/mol. The molecule has 8 nitrogen and oxygen atoms in total. The number of hydrogen-bond acceptors (Lipinski definition) is 7. The number of carboxylic acids is 1. The molecule has 2 aromatic heterocycles. The molecule has 2 aliphatic rings. The number of hydrogen-bond donors (Lipinski definition) is 1. The lowest BCUT2D eigenvalue weighted by Crippen LogP contribution is -2.05. The molecule has 42 heavy (non-hydrogen) atoms. The van der Waals surface area contributed by atoms with Crippen molar-refractivity contribution in [1.82, 2.24) is 9.97 Å². The number of carboxylic acid groups (broad SMARTS) is 1. The Morgan fingerprint density at radius 1 is 0.786 bits per heavy atom. The van der Waals surface area contributed by atoms with E-state index in [9.17, 15) is 9.59 Å². The number of benzene rings is 2. The topological polar surface area (TPSA) is 114 Å². The lowest BCUT2D eigenvalue weighted by atomic mass is 10.0. The normalized spacial score (nSPS) is 14.1. The summed E-state index contributed by atoms with van der Waals surface area (Å²) in [6, 6.07) is 15.7. The lowest BCUT2D eigenvalue weighted by Gasteiger charge is -2.04. The molecule has 0 amide bonds. The maximum absolute atomic E-state index is 11.6. The number of aliphatic carboxylic acids is 1. The van der Waals surface area contributed by atoms with Crippen LogP contribution >= 0.6 is 23.2 Å². The van der Waals surface area contributed by atoms with E-state index in [0.29, 0.717) is 48.0 Å². The monoisotopic (exact) mass is 600 g/mol. The number of ether oxygens (including phenoxy) is 1. The average Bonchev–Trinajstić information content (AvgIpc) is 3.63. The van der Waals surface area contributed by atoms with E-state index < -0.39 is 5.97 Å². The van der Waals surface area contributed by atoms with Crippen LogP contribution in [0, 0.1) is 0 Å². The van der Waals surface area contributed by atoms with Crippen LogP contribution in [0.3, 0.4) is 0 Å². The number of carbonyl (C=O) groups excluding carboxylic acids is 1. The van der Waals surface area contributed by atoms with Gasteiger partial charge in [-0.25, -0.2) is 19.6 Å². The summed E-state index contributed by atoms with van der Waals surface area (Å²) in [5.41, 5.74) is 6.33. The fourth-order valence-electron chi connectivity index (χ4n) is 4.64. The van der Waals surface area contributed by atoms with Crippen LogP contribution in [0.2, 0.25) is 10.0 Å². The van der Waals surface area contributed by atoms with Crippen molar-refractivity contribution in [3.63, 3.8) is 0 Å². The number of rotatable bonds is 7. The summed E-state index contributed by atoms with van der Waals surface area (Å²) in [5, 5.41) is 12.1. The zero-order valence-corrected chi connectivity index (χ0v) is 24.2. The second-order valence-corrected chi connectivity index (χ2v) is 10.6. The summed E-state index contributed by atoms with van der Waals surface area (Å²) in [6.07, 6.45) is 9.31. The first-order chi connectivity index (χ1) is 20.3. The van der Waals surface area contributed by atoms with Gasteiger partial charge in [-0.05, 0) is 66.6 Å². The average molecular weight is 601 g/mol. The molecule has 212 valence electrons. The summed E-state index contributed by atoms with van der Waals surface area (Å²) in [5.74, 6) is -1.33. The van der Waals surface area contributed by atoms with Gasteiger partial charge in [-0.1, -0.05) is 35.3 Å². The summed E-state index contributed by atoms with van der Waals surface area (Å²) < 4.78 is 4.96. The molecule has 10 heteroatoms. The molecule has 0 fully saturated rings. The van der Waals surface area contributed by atoms with E-state index in [-0.39, 0.29) is 11.7 Å². The minimum atomic E-state index is -0.977. The summed E-state index contributed by atoms with van der Waals surface area (Å²) in [4.78, 5) is 39.4. The Hall–Kier alpha value is -4.40. The third kappa shape index (κ3) is 7.26. The van der Waals surface area contributed by atoms with Crippen LogP contribution in [0.1, 0.15) is 30.9 Å². The lowest BCUT2D eigenvalue weighted by molar-refractivity contribution is -0.138. The first-order valence-corrected chi connectivity index (χ1v) is 14.0. The van der Waals surface area contributed by atoms with Gasteiger partial charge in [-0.2, -0.15) is 0 Å². The van der Waals surface area contributed by atoms with Crippen molar-refractivity contribution < 1.29 is 19.4 Å². The molecule has 0 saturated carbocycles. The summed E-state index contributed by atoms with van der Waals surface area (Å²) >= 11 is 11.9. The van der Waals surface area contributed by atoms with Crippen LogP contribution in [-0.2, 0) is 27.2 Å². The summed E-state index contributed by atoms with van der Waals surface area (Å²) in [7, 11) is 0. The van der Waals surface area contributed by atoms with Gasteiger partial charge < -0.3 is 9.84 Å². The molecule has 0 radical (unpaired) electrons. The van der Waals surface area contributed by atoms with Gasteiger partial charge in [0, 0.05) is 60.3 Å². The Morgan fingerprint density at radius 3 is 1.76 bits per heavy atom. The van der Waals surface area contributed by atoms with Gasteiger partial charge in [0.2, 0.25) is 0 Å². The van der Waals surface area contributed by atoms with Crippen molar-refractivity contribution in [3.8, 4) is 0 Å². The van der Waals surface area contributed by atoms with E-state index >= 15 is 0 Å². The second kappa shape index (κ2) is 13.1. The molecule has 0 atom stereocenters. The van der Waals surface area contributed by atoms with E-state index in [4.69, 9.17) is 33.0 Å². The Kier molecular flexibility index (Phi) is 9.05. The van der Waals surface area contributed by atoms with E-state index in [1.807, 2.05) is 48.5 Å². The highest BCUT2D eigenvalue weighted by Gasteiger charge is 2.17. The number of carbonyl (C=O) groups is 2. The van der Waals surface area contributed by atoms with Crippen molar-refractivity contribution in [2.45, 2.75) is 32.6 Å². The molecule has 1 N–H and O–H groups in total. The maximum Gasteiger partial charge on any atom is 0.356 e. The van der Waals surface area contributed by atoms with Crippen molar-refractivity contribution in [2.24, 2.45) is 9.98 Å². The quantitative estimate of drug-likeness (QED) is 0.229. The predicted octanol–water partition coefficient (Wildman–Crippen LogP) is 6.97. The fraction of sp³-hybridized carbons (Fsp3) is 0.188. The molecule has 4 heterocycles. The highest BCUT2D eigenvalue weighted by molar-refractivity contribution is 6.31. The van der Waals surface area contributed by atoms with Crippen molar-refractivity contribution >= 4 is 68.4 Å². The SMILES string of the molecule is CCOC(=O)C1=CCC(Cc2ccc3ncc(Cl)cc3c2)=N1.O=C(O)C1=CCC(Cc2ccc3ncc(Cl)cc3c2)=N1. The highest BCUT2D eigenvalue weighted by Crippen LogP contribution is 2.22. The van der Waals surface area contributed by atoms with Gasteiger partial charge in [0.25, 0.3) is 0 Å². The third-order valence-electron chi connectivity index (χ3n) is 6.56. The zero-order valence-electron chi connectivity index (χ0n) is 22.7. The molecule has 0 aliphatic carbocycles. The standard InChI is InChI=1S/C17H15ClN2O2.C15H11ClN2O2/c1-2-22-17(21)16-6-4-14(20-16)8-11-3-5-15-12(7-11)9-13(18)10-19-15;16-11-7-10-5-9(1-3-13(10)17-8-11)6-12-2-4-14(18-12)15(19)20/h3,5-7,9-10H,2,4,8H2,1H3;1,3-5,7-8H,2,6H2,(H,19,20). The number of nitrogens with zero attached hydrogens (tertiary/aromatic N) is 4. The fourth-order valence-corrected chi connectivity index (χ4v) is 4.98. The Morgan fingerprint density at radius 2 is 1.29 bits per heavy atom. The largest absolute Gasteiger partial charge is 0.477 e. The smallest absolute Gasteiger partial charge is 0.356 e. The van der Waals surface area contributed by atoms with Crippen molar-refractivity contribution in [2.75, 3.05) is 6.61 Å². The highest BCUT2D eigenvalue weighted by atomic mass is 35.5. The van der Waals surface area contributed by atoms with Gasteiger partial charge in [0.1, 0.15) is 11.4 Å². The molecular weight excluding hydrogens is 575 g/mol. The molecule has 4 aromatic rings. The Balaban J connectivity index is 0.000000169. The number of pyridine rings is 2. The summed E-state index contributed by atoms with van der Waals surface area (Å²) in [6.45, 7) is 2.14. The van der Waals surface area contributed by atoms with Gasteiger partial charge in [0.05, 0.1) is 27.7 Å². The number of halogens is 2. The van der Waals surface area contributed by atoms with Crippen LogP contribution in [0.25, 0.3) is 21.8 Å². The van der Waals surface area contributed by atoms with Gasteiger partial charge in [0.15, 0.2) is 0 Å². The van der Waals surface area contributed by atoms with Crippen LogP contribution < -0.4 is 0 Å². The molecule has 6 rings (SSSR count). The second-order valence-electron chi connectivity index (χ2n) is 9.68. The van der Waals surface area contributed by atoms with Crippen molar-refractivity contribution in [1.29, 1.82) is 0 Å². The Bertz CT molecular complexity index is 1830. The first-order valence-electron chi connectivity index (χ1n) is 13.3. The van der Waals surface area contributed by atoms with Gasteiger partial charge in [-0.15, -0.1) is 0 Å². The molecule has 0 spiro atoms. The van der Waals surface area contributed by atoms with E-state index in [2.05, 4.69) is 26.0 Å². The van der Waals surface area contributed by atoms with Crippen LogP contribution in [0.5, 0.6) is 0 Å². The minimum absolute atomic E-state index is 0.130. The number of aliphatic imine (C=N–C) groups is 2. The molecule has 0 bridgehead atoms.